The third kappa shape index (κ3) is 6.03. The highest BCUT2D eigenvalue weighted by atomic mass is 32.2. The van der Waals surface area contributed by atoms with Gasteiger partial charge in [-0.15, -0.1) is 0 Å². The van der Waals surface area contributed by atoms with E-state index < -0.39 is 17.9 Å². The van der Waals surface area contributed by atoms with Gasteiger partial charge in [0.2, 0.25) is 5.91 Å². The van der Waals surface area contributed by atoms with Crippen molar-refractivity contribution in [3.8, 4) is 0 Å². The molecule has 1 unspecified atom stereocenters. The molecule has 8 heteroatoms. The summed E-state index contributed by atoms with van der Waals surface area (Å²) in [6.45, 7) is 3.70. The van der Waals surface area contributed by atoms with Gasteiger partial charge in [-0.2, -0.15) is 0 Å². The summed E-state index contributed by atoms with van der Waals surface area (Å²) in [7, 11) is 0. The first kappa shape index (κ1) is 21.8. The zero-order valence-corrected chi connectivity index (χ0v) is 17.3. The molecule has 1 atom stereocenters. The van der Waals surface area contributed by atoms with E-state index in [-0.39, 0.29) is 25.3 Å². The van der Waals surface area contributed by atoms with Gasteiger partial charge >= 0.3 is 5.97 Å². The van der Waals surface area contributed by atoms with Crippen LogP contribution in [0.25, 0.3) is 6.08 Å². The fourth-order valence-corrected chi connectivity index (χ4v) is 3.93. The van der Waals surface area contributed by atoms with Crippen LogP contribution < -0.4 is 5.32 Å². The Morgan fingerprint density at radius 1 is 1.32 bits per heavy atom. The SMILES string of the molecule is CCC(NC(=O)CCN1C(=O)/C(=C\C(C)=C/c2ccccc2)SC1=S)C(=O)O. The fraction of sp³-hybridized carbons (Fsp3) is 0.300. The maximum atomic E-state index is 12.6. The van der Waals surface area contributed by atoms with Crippen LogP contribution in [0.5, 0.6) is 0 Å². The van der Waals surface area contributed by atoms with Crippen molar-refractivity contribution in [3.05, 3.63) is 52.4 Å². The van der Waals surface area contributed by atoms with Gasteiger partial charge in [-0.1, -0.05) is 67.3 Å². The number of allylic oxidation sites excluding steroid dienone is 2. The van der Waals surface area contributed by atoms with Crippen LogP contribution in [0.3, 0.4) is 0 Å². The Hall–Kier alpha value is -2.45. The molecule has 2 rings (SSSR count). The Morgan fingerprint density at radius 2 is 2.00 bits per heavy atom. The van der Waals surface area contributed by atoms with Gasteiger partial charge in [0, 0.05) is 13.0 Å². The van der Waals surface area contributed by atoms with Crippen molar-refractivity contribution in [2.45, 2.75) is 32.7 Å². The Morgan fingerprint density at radius 3 is 2.61 bits per heavy atom. The van der Waals surface area contributed by atoms with Crippen LogP contribution in [0.4, 0.5) is 0 Å². The first-order valence-electron chi connectivity index (χ1n) is 8.82. The molecule has 1 heterocycles. The van der Waals surface area contributed by atoms with Crippen LogP contribution in [0.1, 0.15) is 32.3 Å². The van der Waals surface area contributed by atoms with Crippen LogP contribution >= 0.6 is 24.0 Å². The Bertz CT molecular complexity index is 834. The van der Waals surface area contributed by atoms with Gasteiger partial charge in [-0.25, -0.2) is 4.79 Å². The maximum Gasteiger partial charge on any atom is 0.326 e. The molecule has 0 aromatic heterocycles. The molecule has 1 fully saturated rings. The van der Waals surface area contributed by atoms with E-state index in [2.05, 4.69) is 5.32 Å². The quantitative estimate of drug-likeness (QED) is 0.498. The molecule has 1 aromatic rings. The largest absolute Gasteiger partial charge is 0.480 e. The van der Waals surface area contributed by atoms with E-state index in [1.54, 1.807) is 13.0 Å². The number of hydrogen-bond donors (Lipinski definition) is 2. The molecular weight excluding hydrogens is 396 g/mol. The van der Waals surface area contributed by atoms with Crippen molar-refractivity contribution >= 4 is 52.2 Å². The normalized spacial score (nSPS) is 17.1. The lowest BCUT2D eigenvalue weighted by Gasteiger charge is -2.16. The summed E-state index contributed by atoms with van der Waals surface area (Å²) in [6, 6.07) is 8.84. The molecule has 1 saturated heterocycles. The third-order valence-electron chi connectivity index (χ3n) is 4.03. The van der Waals surface area contributed by atoms with Crippen LogP contribution in [-0.2, 0) is 14.4 Å². The maximum absolute atomic E-state index is 12.6. The minimum absolute atomic E-state index is 0.0116. The lowest BCUT2D eigenvalue weighted by atomic mass is 10.1. The number of thiocarbonyl (C=S) groups is 1. The first-order chi connectivity index (χ1) is 13.3. The topological polar surface area (TPSA) is 86.7 Å². The van der Waals surface area contributed by atoms with Crippen molar-refractivity contribution in [2.75, 3.05) is 6.54 Å². The minimum atomic E-state index is -1.08. The number of carboxylic acids is 1. The van der Waals surface area contributed by atoms with Gasteiger partial charge in [-0.05, 0) is 30.6 Å². The van der Waals surface area contributed by atoms with Gasteiger partial charge < -0.3 is 10.4 Å². The molecule has 2 N–H and O–H groups in total. The van der Waals surface area contributed by atoms with Crippen molar-refractivity contribution in [3.63, 3.8) is 0 Å². The van der Waals surface area contributed by atoms with Crippen LogP contribution in [-0.4, -0.2) is 44.7 Å². The van der Waals surface area contributed by atoms with E-state index in [0.717, 1.165) is 11.1 Å². The molecule has 0 spiro atoms. The third-order valence-corrected chi connectivity index (χ3v) is 5.41. The number of carbonyl (C=O) groups is 3. The average molecular weight is 419 g/mol. The number of amides is 2. The summed E-state index contributed by atoms with van der Waals surface area (Å²) in [4.78, 5) is 37.4. The van der Waals surface area contributed by atoms with E-state index >= 15 is 0 Å². The van der Waals surface area contributed by atoms with Gasteiger partial charge in [0.1, 0.15) is 10.4 Å². The highest BCUT2D eigenvalue weighted by Gasteiger charge is 2.32. The molecule has 1 aliphatic heterocycles. The Balaban J connectivity index is 1.98. The minimum Gasteiger partial charge on any atom is -0.480 e. The molecule has 0 saturated carbocycles. The molecule has 2 amide bonds. The number of nitrogens with zero attached hydrogens (tertiary/aromatic N) is 1. The average Bonchev–Trinajstić information content (AvgIpc) is 2.91. The number of thioether (sulfide) groups is 1. The van der Waals surface area contributed by atoms with Gasteiger partial charge in [0.15, 0.2) is 0 Å². The van der Waals surface area contributed by atoms with Gasteiger partial charge in [0.05, 0.1) is 4.91 Å². The zero-order valence-electron chi connectivity index (χ0n) is 15.7. The van der Waals surface area contributed by atoms with Crippen LogP contribution in [0, 0.1) is 0 Å². The lowest BCUT2D eigenvalue weighted by Crippen LogP contribution is -2.42. The van der Waals surface area contributed by atoms with E-state index in [0.29, 0.717) is 9.23 Å². The highest BCUT2D eigenvalue weighted by molar-refractivity contribution is 8.26. The lowest BCUT2D eigenvalue weighted by molar-refractivity contribution is -0.142. The number of nitrogens with one attached hydrogen (secondary N) is 1. The molecule has 6 nitrogen and oxygen atoms in total. The van der Waals surface area contributed by atoms with E-state index in [1.165, 1.54) is 16.7 Å². The Labute approximate surface area is 173 Å². The standard InChI is InChI=1S/C20H22N2O4S2/c1-3-15(19(25)26)21-17(23)9-10-22-18(24)16(28-20(22)27)12-13(2)11-14-7-5-4-6-8-14/h4-8,11-12,15H,3,9-10H2,1-2H3,(H,21,23)(H,25,26)/b13-11-,16-12+. The summed E-state index contributed by atoms with van der Waals surface area (Å²) in [5.74, 6) is -1.74. The molecular formula is C20H22N2O4S2. The number of rotatable bonds is 8. The molecule has 1 aliphatic rings. The highest BCUT2D eigenvalue weighted by Crippen LogP contribution is 2.32. The molecule has 0 aliphatic carbocycles. The van der Waals surface area contributed by atoms with Crippen molar-refractivity contribution in [1.29, 1.82) is 0 Å². The summed E-state index contributed by atoms with van der Waals surface area (Å²) in [6.07, 6.45) is 4.03. The molecule has 0 bridgehead atoms. The molecule has 148 valence electrons. The van der Waals surface area contributed by atoms with Crippen molar-refractivity contribution in [1.82, 2.24) is 10.2 Å². The van der Waals surface area contributed by atoms with E-state index in [1.807, 2.05) is 43.3 Å². The predicted molar refractivity (Wildman–Crippen MR) is 115 cm³/mol. The fourth-order valence-electron chi connectivity index (χ4n) is 2.57. The van der Waals surface area contributed by atoms with Crippen molar-refractivity contribution < 1.29 is 19.5 Å². The van der Waals surface area contributed by atoms with Gasteiger partial charge in [0.25, 0.3) is 5.91 Å². The summed E-state index contributed by atoms with van der Waals surface area (Å²) in [5.41, 5.74) is 1.95. The summed E-state index contributed by atoms with van der Waals surface area (Å²) >= 11 is 6.46. The van der Waals surface area contributed by atoms with Crippen molar-refractivity contribution in [2.24, 2.45) is 0 Å². The second kappa shape index (κ2) is 10.2. The van der Waals surface area contributed by atoms with Gasteiger partial charge in [-0.3, -0.25) is 14.5 Å². The predicted octanol–water partition coefficient (Wildman–Crippen LogP) is 3.20. The second-order valence-corrected chi connectivity index (χ2v) is 7.92. The van der Waals surface area contributed by atoms with E-state index in [4.69, 9.17) is 17.3 Å². The zero-order chi connectivity index (χ0) is 20.7. The number of benzene rings is 1. The first-order valence-corrected chi connectivity index (χ1v) is 10.0. The number of aliphatic carboxylic acids is 1. The molecule has 1 aromatic carbocycles. The van der Waals surface area contributed by atoms with E-state index in [9.17, 15) is 14.4 Å². The van der Waals surface area contributed by atoms with Crippen LogP contribution in [0.2, 0.25) is 0 Å². The monoisotopic (exact) mass is 418 g/mol. The molecule has 28 heavy (non-hydrogen) atoms. The second-order valence-electron chi connectivity index (χ2n) is 6.25. The van der Waals surface area contributed by atoms with Crippen LogP contribution in [0.15, 0.2) is 46.9 Å². The number of carboxylic acid groups (broad SMARTS) is 1. The summed E-state index contributed by atoms with van der Waals surface area (Å²) < 4.78 is 0.391. The summed E-state index contributed by atoms with van der Waals surface area (Å²) in [5, 5.41) is 11.4. The number of carbonyl (C=O) groups excluding carboxylic acids is 2. The Kier molecular flexibility index (Phi) is 7.95. The smallest absolute Gasteiger partial charge is 0.326 e. The molecule has 0 radical (unpaired) electrons. The number of hydrogen-bond acceptors (Lipinski definition) is 5.